The molecule has 0 N–H and O–H groups in total. The fourth-order valence-electron chi connectivity index (χ4n) is 1.26. The van der Waals surface area contributed by atoms with Crippen LogP contribution in [0.1, 0.15) is 46.5 Å². The summed E-state index contributed by atoms with van der Waals surface area (Å²) >= 11 is 0. The Balaban J connectivity index is 3.10. The highest BCUT2D eigenvalue weighted by Crippen LogP contribution is 2.04. The zero-order valence-corrected chi connectivity index (χ0v) is 9.84. The summed E-state index contributed by atoms with van der Waals surface area (Å²) in [6.45, 7) is 11.3. The van der Waals surface area contributed by atoms with Crippen molar-refractivity contribution in [2.75, 3.05) is 13.2 Å². The first kappa shape index (κ1) is 13.9. The van der Waals surface area contributed by atoms with Crippen molar-refractivity contribution in [2.24, 2.45) is 0 Å². The third-order valence-corrected chi connectivity index (χ3v) is 1.90. The molecule has 0 rings (SSSR count). The van der Waals surface area contributed by atoms with Crippen molar-refractivity contribution in [1.82, 2.24) is 0 Å². The van der Waals surface area contributed by atoms with Crippen LogP contribution in [0.3, 0.4) is 0 Å². The van der Waals surface area contributed by atoms with Crippen molar-refractivity contribution in [3.63, 3.8) is 0 Å². The van der Waals surface area contributed by atoms with Gasteiger partial charge in [0, 0.05) is 6.61 Å². The first-order valence-corrected chi connectivity index (χ1v) is 5.56. The molecule has 2 radical (unpaired) electrons. The molecule has 1 atom stereocenters. The van der Waals surface area contributed by atoms with Gasteiger partial charge in [-0.3, -0.25) is 0 Å². The minimum absolute atomic E-state index is 0.124. The summed E-state index contributed by atoms with van der Waals surface area (Å²) < 4.78 is 10.8. The molecule has 0 aliphatic carbocycles. The van der Waals surface area contributed by atoms with E-state index in [-0.39, 0.29) is 6.10 Å². The minimum Gasteiger partial charge on any atom is -0.379 e. The van der Waals surface area contributed by atoms with Gasteiger partial charge in [-0.25, -0.2) is 0 Å². The lowest BCUT2D eigenvalue weighted by Crippen LogP contribution is -2.17. The first-order valence-electron chi connectivity index (χ1n) is 5.56. The molecule has 0 fully saturated rings. The van der Waals surface area contributed by atoms with E-state index in [4.69, 9.17) is 9.47 Å². The van der Waals surface area contributed by atoms with E-state index < -0.39 is 0 Å². The summed E-state index contributed by atoms with van der Waals surface area (Å²) in [5.74, 6) is 0. The molecule has 0 spiro atoms. The van der Waals surface area contributed by atoms with Gasteiger partial charge in [-0.15, -0.1) is 0 Å². The molecule has 0 aromatic rings. The zero-order valence-electron chi connectivity index (χ0n) is 9.84. The molecule has 0 amide bonds. The molecule has 0 aromatic carbocycles. The SMILES string of the molecule is [CH2][C](C)OC(C)COCCCCCC. The average Bonchev–Trinajstić information content (AvgIpc) is 2.10. The van der Waals surface area contributed by atoms with E-state index in [1.165, 1.54) is 19.3 Å². The van der Waals surface area contributed by atoms with Gasteiger partial charge in [-0.2, -0.15) is 0 Å². The van der Waals surface area contributed by atoms with Crippen molar-refractivity contribution in [3.05, 3.63) is 13.0 Å². The maximum atomic E-state index is 5.48. The van der Waals surface area contributed by atoms with Crippen molar-refractivity contribution in [3.8, 4) is 0 Å². The minimum atomic E-state index is 0.124. The second-order valence-electron chi connectivity index (χ2n) is 3.77. The molecule has 1 unspecified atom stereocenters. The average molecular weight is 200 g/mol. The molecular formula is C12H24O2. The lowest BCUT2D eigenvalue weighted by molar-refractivity contribution is 0.00771. The Hall–Kier alpha value is -0.0800. The molecule has 0 saturated heterocycles. The molecule has 2 nitrogen and oxygen atoms in total. The number of rotatable bonds is 9. The quantitative estimate of drug-likeness (QED) is 0.531. The molecule has 0 aliphatic rings. The molecule has 84 valence electrons. The van der Waals surface area contributed by atoms with E-state index in [1.807, 2.05) is 13.8 Å². The second-order valence-corrected chi connectivity index (χ2v) is 3.77. The largest absolute Gasteiger partial charge is 0.379 e. The Bertz CT molecular complexity index is 113. The van der Waals surface area contributed by atoms with Gasteiger partial charge in [-0.1, -0.05) is 26.2 Å². The van der Waals surface area contributed by atoms with E-state index >= 15 is 0 Å². The normalized spacial score (nSPS) is 13.5. The number of ether oxygens (including phenoxy) is 2. The highest BCUT2D eigenvalue weighted by molar-refractivity contribution is 4.74. The van der Waals surface area contributed by atoms with Crippen molar-refractivity contribution in [1.29, 1.82) is 0 Å². The number of hydrogen-bond acceptors (Lipinski definition) is 2. The van der Waals surface area contributed by atoms with Gasteiger partial charge >= 0.3 is 0 Å². The predicted molar refractivity (Wildman–Crippen MR) is 59.8 cm³/mol. The Morgan fingerprint density at radius 2 is 2.00 bits per heavy atom. The summed E-state index contributed by atoms with van der Waals surface area (Å²) in [6.07, 6.45) is 5.89. The van der Waals surface area contributed by atoms with Crippen LogP contribution in [0.5, 0.6) is 0 Å². The maximum Gasteiger partial charge on any atom is 0.0946 e. The number of unbranched alkanes of at least 4 members (excludes halogenated alkanes) is 3. The zero-order chi connectivity index (χ0) is 10.8. The van der Waals surface area contributed by atoms with Gasteiger partial charge in [0.15, 0.2) is 0 Å². The van der Waals surface area contributed by atoms with E-state index in [0.29, 0.717) is 6.61 Å². The van der Waals surface area contributed by atoms with Crippen LogP contribution in [-0.4, -0.2) is 19.3 Å². The van der Waals surface area contributed by atoms with Crippen LogP contribution in [0.15, 0.2) is 0 Å². The lowest BCUT2D eigenvalue weighted by atomic mass is 10.2. The van der Waals surface area contributed by atoms with E-state index in [1.54, 1.807) is 0 Å². The van der Waals surface area contributed by atoms with Gasteiger partial charge in [0.05, 0.1) is 18.8 Å². The Kier molecular flexibility index (Phi) is 9.42. The first-order chi connectivity index (χ1) is 6.66. The third kappa shape index (κ3) is 10.0. The summed E-state index contributed by atoms with van der Waals surface area (Å²) in [4.78, 5) is 0. The van der Waals surface area contributed by atoms with E-state index in [2.05, 4.69) is 13.8 Å². The van der Waals surface area contributed by atoms with Crippen LogP contribution in [-0.2, 0) is 9.47 Å². The number of hydrogen-bond donors (Lipinski definition) is 0. The second kappa shape index (κ2) is 9.47. The van der Waals surface area contributed by atoms with Crippen LogP contribution < -0.4 is 0 Å². The van der Waals surface area contributed by atoms with Gasteiger partial charge in [0.1, 0.15) is 0 Å². The summed E-state index contributed by atoms with van der Waals surface area (Å²) in [5, 5.41) is 0. The van der Waals surface area contributed by atoms with Crippen LogP contribution in [0.25, 0.3) is 0 Å². The maximum absolute atomic E-state index is 5.48. The molecule has 0 saturated carbocycles. The Labute approximate surface area is 89.0 Å². The van der Waals surface area contributed by atoms with Gasteiger partial charge in [0.25, 0.3) is 0 Å². The summed E-state index contributed by atoms with van der Waals surface area (Å²) in [6, 6.07) is 0. The van der Waals surface area contributed by atoms with Crippen molar-refractivity contribution in [2.45, 2.75) is 52.6 Å². The fraction of sp³-hybridized carbons (Fsp3) is 0.833. The smallest absolute Gasteiger partial charge is 0.0946 e. The highest BCUT2D eigenvalue weighted by Gasteiger charge is 2.04. The molecular weight excluding hydrogens is 176 g/mol. The molecule has 14 heavy (non-hydrogen) atoms. The predicted octanol–water partition coefficient (Wildman–Crippen LogP) is 3.37. The molecule has 0 heterocycles. The van der Waals surface area contributed by atoms with Crippen LogP contribution in [0, 0.1) is 13.0 Å². The molecule has 0 bridgehead atoms. The standard InChI is InChI=1S/C12H24O2/c1-5-6-7-8-9-13-10-12(4)14-11(2)3/h12H,2,5-10H2,1,3-4H3. The topological polar surface area (TPSA) is 18.5 Å². The van der Waals surface area contributed by atoms with Crippen LogP contribution >= 0.6 is 0 Å². The monoisotopic (exact) mass is 200 g/mol. The Morgan fingerprint density at radius 1 is 1.29 bits per heavy atom. The fourth-order valence-corrected chi connectivity index (χ4v) is 1.26. The molecule has 2 heteroatoms. The molecule has 0 aromatic heterocycles. The summed E-state index contributed by atoms with van der Waals surface area (Å²) in [7, 11) is 0. The van der Waals surface area contributed by atoms with Gasteiger partial charge in [-0.05, 0) is 27.2 Å². The van der Waals surface area contributed by atoms with Gasteiger partial charge in [0.2, 0.25) is 0 Å². The molecule has 0 aliphatic heterocycles. The third-order valence-electron chi connectivity index (χ3n) is 1.90. The van der Waals surface area contributed by atoms with E-state index in [9.17, 15) is 0 Å². The Morgan fingerprint density at radius 3 is 2.57 bits per heavy atom. The van der Waals surface area contributed by atoms with E-state index in [0.717, 1.165) is 19.1 Å². The van der Waals surface area contributed by atoms with Crippen LogP contribution in [0.2, 0.25) is 0 Å². The van der Waals surface area contributed by atoms with Gasteiger partial charge < -0.3 is 9.47 Å². The van der Waals surface area contributed by atoms with Crippen molar-refractivity contribution < 1.29 is 9.47 Å². The highest BCUT2D eigenvalue weighted by atomic mass is 16.5. The van der Waals surface area contributed by atoms with Crippen molar-refractivity contribution >= 4 is 0 Å². The summed E-state index contributed by atoms with van der Waals surface area (Å²) in [5.41, 5.74) is 0. The van der Waals surface area contributed by atoms with Crippen LogP contribution in [0.4, 0.5) is 0 Å². The lowest BCUT2D eigenvalue weighted by Gasteiger charge is -2.15.